The molecule has 2 aromatic rings. The number of carbonyl (C=O) groups is 1. The van der Waals surface area contributed by atoms with E-state index in [0.29, 0.717) is 24.2 Å². The van der Waals surface area contributed by atoms with Gasteiger partial charge in [0.25, 0.3) is 15.9 Å². The van der Waals surface area contributed by atoms with Crippen molar-refractivity contribution < 1.29 is 17.6 Å². The molecule has 2 aromatic carbocycles. The van der Waals surface area contributed by atoms with E-state index in [-0.39, 0.29) is 16.5 Å². The first-order chi connectivity index (χ1) is 12.4. The lowest BCUT2D eigenvalue weighted by Gasteiger charge is -2.28. The normalized spacial score (nSPS) is 14.9. The van der Waals surface area contributed by atoms with Gasteiger partial charge in [-0.25, -0.2) is 12.8 Å². The summed E-state index contributed by atoms with van der Waals surface area (Å²) in [6.07, 6.45) is 0. The number of benzene rings is 2. The fourth-order valence-corrected chi connectivity index (χ4v) is 3.85. The Kier molecular flexibility index (Phi) is 5.24. The molecule has 138 valence electrons. The van der Waals surface area contributed by atoms with Gasteiger partial charge in [0.05, 0.1) is 4.90 Å². The zero-order valence-electron chi connectivity index (χ0n) is 14.3. The predicted octanol–water partition coefficient (Wildman–Crippen LogP) is 1.98. The van der Waals surface area contributed by atoms with E-state index in [0.717, 1.165) is 13.1 Å². The Bertz CT molecular complexity index is 908. The molecule has 0 radical (unpaired) electrons. The maximum Gasteiger partial charge on any atom is 0.261 e. The average Bonchev–Trinajstić information content (AvgIpc) is 2.64. The lowest BCUT2D eigenvalue weighted by molar-refractivity contribution is 0.0735. The van der Waals surface area contributed by atoms with Gasteiger partial charge in [-0.2, -0.15) is 0 Å². The number of piperazine rings is 1. The van der Waals surface area contributed by atoms with Gasteiger partial charge in [0.1, 0.15) is 5.82 Å². The van der Waals surface area contributed by atoms with E-state index in [1.165, 1.54) is 36.4 Å². The van der Waals surface area contributed by atoms with Crippen LogP contribution in [0.4, 0.5) is 10.1 Å². The van der Waals surface area contributed by atoms with Crippen LogP contribution >= 0.6 is 0 Å². The van der Waals surface area contributed by atoms with Crippen LogP contribution in [-0.2, 0) is 10.0 Å². The van der Waals surface area contributed by atoms with Gasteiger partial charge in [0.2, 0.25) is 0 Å². The second kappa shape index (κ2) is 7.43. The molecule has 6 nitrogen and oxygen atoms in total. The zero-order valence-corrected chi connectivity index (χ0v) is 15.1. The SMILES string of the molecule is Cc1ccc(S(=O)(=O)Nc2ccc(F)cc2)cc1C(=O)N1CCNCC1. The summed E-state index contributed by atoms with van der Waals surface area (Å²) in [6, 6.07) is 9.50. The highest BCUT2D eigenvalue weighted by atomic mass is 32.2. The second-order valence-electron chi connectivity index (χ2n) is 6.13. The summed E-state index contributed by atoms with van der Waals surface area (Å²) in [7, 11) is -3.89. The molecule has 0 spiro atoms. The molecule has 1 aliphatic heterocycles. The van der Waals surface area contributed by atoms with Crippen LogP contribution in [0.2, 0.25) is 0 Å². The summed E-state index contributed by atoms with van der Waals surface area (Å²) in [5.74, 6) is -0.630. The predicted molar refractivity (Wildman–Crippen MR) is 97.2 cm³/mol. The standard InChI is InChI=1S/C18H20FN3O3S/c1-13-2-7-16(12-17(13)18(23)22-10-8-20-9-11-22)26(24,25)21-15-5-3-14(19)4-6-15/h2-7,12,20-21H,8-11H2,1H3. The van der Waals surface area contributed by atoms with Crippen LogP contribution < -0.4 is 10.0 Å². The van der Waals surface area contributed by atoms with Crippen molar-refractivity contribution >= 4 is 21.6 Å². The molecule has 3 rings (SSSR count). The zero-order chi connectivity index (χ0) is 18.7. The van der Waals surface area contributed by atoms with Crippen LogP contribution in [0.15, 0.2) is 47.4 Å². The van der Waals surface area contributed by atoms with Crippen LogP contribution in [0.3, 0.4) is 0 Å². The molecule has 0 atom stereocenters. The third-order valence-electron chi connectivity index (χ3n) is 4.25. The van der Waals surface area contributed by atoms with Crippen molar-refractivity contribution in [3.8, 4) is 0 Å². The van der Waals surface area contributed by atoms with Crippen LogP contribution in [0.1, 0.15) is 15.9 Å². The smallest absolute Gasteiger partial charge is 0.261 e. The maximum atomic E-state index is 13.0. The highest BCUT2D eigenvalue weighted by Crippen LogP contribution is 2.21. The van der Waals surface area contributed by atoms with Gasteiger partial charge >= 0.3 is 0 Å². The largest absolute Gasteiger partial charge is 0.336 e. The fourth-order valence-electron chi connectivity index (χ4n) is 2.77. The van der Waals surface area contributed by atoms with E-state index < -0.39 is 15.8 Å². The first-order valence-electron chi connectivity index (χ1n) is 8.26. The first-order valence-corrected chi connectivity index (χ1v) is 9.74. The van der Waals surface area contributed by atoms with Crippen molar-refractivity contribution in [3.63, 3.8) is 0 Å². The van der Waals surface area contributed by atoms with Gasteiger partial charge in [0.15, 0.2) is 0 Å². The van der Waals surface area contributed by atoms with E-state index in [1.54, 1.807) is 17.9 Å². The quantitative estimate of drug-likeness (QED) is 0.854. The fraction of sp³-hybridized carbons (Fsp3) is 0.278. The van der Waals surface area contributed by atoms with Gasteiger partial charge in [0, 0.05) is 37.4 Å². The number of hydrogen-bond acceptors (Lipinski definition) is 4. The van der Waals surface area contributed by atoms with Gasteiger partial charge in [-0.15, -0.1) is 0 Å². The molecule has 0 unspecified atom stereocenters. The van der Waals surface area contributed by atoms with Crippen LogP contribution in [0.5, 0.6) is 0 Å². The third-order valence-corrected chi connectivity index (χ3v) is 5.63. The molecule has 0 bridgehead atoms. The molecule has 1 amide bonds. The Morgan fingerprint density at radius 1 is 1.12 bits per heavy atom. The Balaban J connectivity index is 1.88. The Morgan fingerprint density at radius 2 is 1.77 bits per heavy atom. The molecular weight excluding hydrogens is 357 g/mol. The summed E-state index contributed by atoms with van der Waals surface area (Å²) in [4.78, 5) is 14.4. The van der Waals surface area contributed by atoms with Crippen molar-refractivity contribution in [2.75, 3.05) is 30.9 Å². The second-order valence-corrected chi connectivity index (χ2v) is 7.81. The van der Waals surface area contributed by atoms with E-state index in [4.69, 9.17) is 0 Å². The number of rotatable bonds is 4. The van der Waals surface area contributed by atoms with E-state index in [2.05, 4.69) is 10.0 Å². The summed E-state index contributed by atoms with van der Waals surface area (Å²) < 4.78 is 40.6. The van der Waals surface area contributed by atoms with Gasteiger partial charge < -0.3 is 10.2 Å². The molecule has 1 fully saturated rings. The molecule has 0 aromatic heterocycles. The maximum absolute atomic E-state index is 13.0. The molecule has 1 saturated heterocycles. The number of sulfonamides is 1. The van der Waals surface area contributed by atoms with Gasteiger partial charge in [-0.3, -0.25) is 9.52 Å². The van der Waals surface area contributed by atoms with E-state index in [9.17, 15) is 17.6 Å². The Labute approximate surface area is 152 Å². The van der Waals surface area contributed by atoms with Crippen molar-refractivity contribution in [2.45, 2.75) is 11.8 Å². The number of aryl methyl sites for hydroxylation is 1. The van der Waals surface area contributed by atoms with Crippen molar-refractivity contribution in [2.24, 2.45) is 0 Å². The molecular formula is C18H20FN3O3S. The van der Waals surface area contributed by atoms with Crippen molar-refractivity contribution in [1.82, 2.24) is 10.2 Å². The molecule has 1 aliphatic rings. The monoisotopic (exact) mass is 377 g/mol. The molecule has 0 saturated carbocycles. The number of nitrogens with zero attached hydrogens (tertiary/aromatic N) is 1. The summed E-state index contributed by atoms with van der Waals surface area (Å²) in [5.41, 5.74) is 1.34. The Morgan fingerprint density at radius 3 is 2.42 bits per heavy atom. The number of nitrogens with one attached hydrogen (secondary N) is 2. The molecule has 1 heterocycles. The number of carbonyl (C=O) groups excluding carboxylic acids is 1. The van der Waals surface area contributed by atoms with E-state index in [1.807, 2.05) is 0 Å². The summed E-state index contributed by atoms with van der Waals surface area (Å²) in [5, 5.41) is 3.18. The van der Waals surface area contributed by atoms with Crippen LogP contribution in [-0.4, -0.2) is 45.4 Å². The summed E-state index contributed by atoms with van der Waals surface area (Å²) in [6.45, 7) is 4.38. The average molecular weight is 377 g/mol. The van der Waals surface area contributed by atoms with Crippen LogP contribution in [0.25, 0.3) is 0 Å². The number of anilines is 1. The highest BCUT2D eigenvalue weighted by molar-refractivity contribution is 7.92. The topological polar surface area (TPSA) is 78.5 Å². The molecule has 8 heteroatoms. The lowest BCUT2D eigenvalue weighted by atomic mass is 10.1. The Hall–Kier alpha value is -2.45. The molecule has 0 aliphatic carbocycles. The minimum Gasteiger partial charge on any atom is -0.336 e. The minimum absolute atomic E-state index is 0.00842. The molecule has 26 heavy (non-hydrogen) atoms. The lowest BCUT2D eigenvalue weighted by Crippen LogP contribution is -2.46. The third kappa shape index (κ3) is 4.03. The van der Waals surface area contributed by atoms with E-state index >= 15 is 0 Å². The molecule has 2 N–H and O–H groups in total. The first kappa shape index (κ1) is 18.3. The van der Waals surface area contributed by atoms with Crippen LogP contribution in [0, 0.1) is 12.7 Å². The van der Waals surface area contributed by atoms with Crippen molar-refractivity contribution in [3.05, 3.63) is 59.4 Å². The number of hydrogen-bond donors (Lipinski definition) is 2. The van der Waals surface area contributed by atoms with Gasteiger partial charge in [-0.1, -0.05) is 6.07 Å². The number of amides is 1. The highest BCUT2D eigenvalue weighted by Gasteiger charge is 2.22. The summed E-state index contributed by atoms with van der Waals surface area (Å²) >= 11 is 0. The minimum atomic E-state index is -3.89. The van der Waals surface area contributed by atoms with Crippen molar-refractivity contribution in [1.29, 1.82) is 0 Å². The number of halogens is 1. The van der Waals surface area contributed by atoms with Gasteiger partial charge in [-0.05, 0) is 48.9 Å².